The van der Waals surface area contributed by atoms with Gasteiger partial charge >= 0.3 is 0 Å². The van der Waals surface area contributed by atoms with Crippen LogP contribution in [-0.2, 0) is 4.74 Å². The van der Waals surface area contributed by atoms with Gasteiger partial charge in [-0.25, -0.2) is 0 Å². The standard InChI is InChI=1S/C9H9BrClNO/c1-2-13-9(12)7-4-3-6(10)5-8(7)11/h3-5,12H,2H2,1H3. The van der Waals surface area contributed by atoms with Gasteiger partial charge in [0.15, 0.2) is 0 Å². The van der Waals surface area contributed by atoms with Crippen LogP contribution in [0.4, 0.5) is 0 Å². The molecule has 0 fully saturated rings. The molecule has 0 amide bonds. The van der Waals surface area contributed by atoms with Crippen LogP contribution < -0.4 is 0 Å². The van der Waals surface area contributed by atoms with Crippen LogP contribution in [0.25, 0.3) is 0 Å². The normalized spacial score (nSPS) is 9.77. The molecule has 1 aromatic carbocycles. The van der Waals surface area contributed by atoms with Gasteiger partial charge in [-0.15, -0.1) is 0 Å². The zero-order chi connectivity index (χ0) is 9.84. The number of nitrogens with one attached hydrogen (secondary N) is 1. The first-order valence-corrected chi connectivity index (χ1v) is 4.99. The Hall–Kier alpha value is -0.540. The second-order valence-corrected chi connectivity index (χ2v) is 3.71. The van der Waals surface area contributed by atoms with Crippen molar-refractivity contribution in [1.82, 2.24) is 0 Å². The van der Waals surface area contributed by atoms with E-state index in [9.17, 15) is 0 Å². The highest BCUT2D eigenvalue weighted by Crippen LogP contribution is 2.21. The van der Waals surface area contributed by atoms with E-state index in [2.05, 4.69) is 15.9 Å². The van der Waals surface area contributed by atoms with Crippen LogP contribution in [0.1, 0.15) is 12.5 Å². The van der Waals surface area contributed by atoms with Gasteiger partial charge in [-0.3, -0.25) is 5.41 Å². The van der Waals surface area contributed by atoms with Crippen LogP contribution in [-0.4, -0.2) is 12.5 Å². The maximum absolute atomic E-state index is 7.52. The lowest BCUT2D eigenvalue weighted by molar-refractivity contribution is 0.325. The maximum atomic E-state index is 7.52. The molecule has 0 bridgehead atoms. The van der Waals surface area contributed by atoms with Crippen molar-refractivity contribution in [3.8, 4) is 0 Å². The first-order valence-electron chi connectivity index (χ1n) is 3.82. The molecule has 1 N–H and O–H groups in total. The summed E-state index contributed by atoms with van der Waals surface area (Å²) < 4.78 is 5.93. The van der Waals surface area contributed by atoms with Crippen molar-refractivity contribution >= 4 is 33.4 Å². The Kier molecular flexibility index (Phi) is 3.75. The molecule has 2 nitrogen and oxygen atoms in total. The molecule has 0 atom stereocenters. The molecule has 0 radical (unpaired) electrons. The fourth-order valence-corrected chi connectivity index (χ4v) is 1.65. The maximum Gasteiger partial charge on any atom is 0.214 e. The molecule has 1 rings (SSSR count). The third kappa shape index (κ3) is 2.71. The van der Waals surface area contributed by atoms with E-state index < -0.39 is 0 Å². The zero-order valence-corrected chi connectivity index (χ0v) is 9.45. The molecule has 0 heterocycles. The Morgan fingerprint density at radius 1 is 1.62 bits per heavy atom. The van der Waals surface area contributed by atoms with Crippen LogP contribution in [0.3, 0.4) is 0 Å². The summed E-state index contributed by atoms with van der Waals surface area (Å²) in [5.74, 6) is 0.111. The van der Waals surface area contributed by atoms with E-state index >= 15 is 0 Å². The fourth-order valence-electron chi connectivity index (χ4n) is 0.896. The van der Waals surface area contributed by atoms with Gasteiger partial charge in [-0.2, -0.15) is 0 Å². The molecular weight excluding hydrogens is 253 g/mol. The number of ether oxygens (including phenoxy) is 1. The Morgan fingerprint density at radius 3 is 2.85 bits per heavy atom. The number of rotatable bonds is 2. The topological polar surface area (TPSA) is 33.1 Å². The third-order valence-corrected chi connectivity index (χ3v) is 2.27. The molecule has 0 aliphatic rings. The Bertz CT molecular complexity index is 327. The molecule has 0 spiro atoms. The highest BCUT2D eigenvalue weighted by molar-refractivity contribution is 9.10. The van der Waals surface area contributed by atoms with Crippen LogP contribution in [0.15, 0.2) is 22.7 Å². The van der Waals surface area contributed by atoms with Crippen LogP contribution in [0.5, 0.6) is 0 Å². The van der Waals surface area contributed by atoms with Crippen LogP contribution >= 0.6 is 27.5 Å². The van der Waals surface area contributed by atoms with E-state index in [-0.39, 0.29) is 5.90 Å². The summed E-state index contributed by atoms with van der Waals surface area (Å²) in [5.41, 5.74) is 0.617. The van der Waals surface area contributed by atoms with E-state index in [0.29, 0.717) is 17.2 Å². The summed E-state index contributed by atoms with van der Waals surface area (Å²) in [6.07, 6.45) is 0. The average Bonchev–Trinajstić information content (AvgIpc) is 2.04. The highest BCUT2D eigenvalue weighted by atomic mass is 79.9. The lowest BCUT2D eigenvalue weighted by atomic mass is 10.2. The summed E-state index contributed by atoms with van der Waals surface area (Å²) in [7, 11) is 0. The average molecular weight is 263 g/mol. The monoisotopic (exact) mass is 261 g/mol. The zero-order valence-electron chi connectivity index (χ0n) is 7.10. The van der Waals surface area contributed by atoms with Crippen LogP contribution in [0.2, 0.25) is 5.02 Å². The van der Waals surface area contributed by atoms with Crippen molar-refractivity contribution in [2.75, 3.05) is 6.61 Å². The van der Waals surface area contributed by atoms with E-state index in [1.807, 2.05) is 13.0 Å². The first-order chi connectivity index (χ1) is 6.15. The van der Waals surface area contributed by atoms with Gasteiger partial charge < -0.3 is 4.74 Å². The third-order valence-electron chi connectivity index (χ3n) is 1.46. The molecule has 0 aliphatic carbocycles. The molecule has 0 unspecified atom stereocenters. The summed E-state index contributed by atoms with van der Waals surface area (Å²) in [4.78, 5) is 0. The molecular formula is C9H9BrClNO. The predicted molar refractivity (Wildman–Crippen MR) is 57.6 cm³/mol. The van der Waals surface area contributed by atoms with E-state index in [4.69, 9.17) is 21.7 Å². The predicted octanol–water partition coefficient (Wildman–Crippen LogP) is 3.46. The van der Waals surface area contributed by atoms with Gasteiger partial charge in [0, 0.05) is 4.47 Å². The number of halogens is 2. The van der Waals surface area contributed by atoms with Crippen molar-refractivity contribution in [1.29, 1.82) is 5.41 Å². The summed E-state index contributed by atoms with van der Waals surface area (Å²) in [6.45, 7) is 2.31. The Morgan fingerprint density at radius 2 is 2.31 bits per heavy atom. The van der Waals surface area contributed by atoms with Crippen LogP contribution in [0, 0.1) is 5.41 Å². The second-order valence-electron chi connectivity index (χ2n) is 2.39. The Labute approximate surface area is 90.5 Å². The SMILES string of the molecule is CCOC(=N)c1ccc(Br)cc1Cl. The van der Waals surface area contributed by atoms with Crippen molar-refractivity contribution in [3.05, 3.63) is 33.3 Å². The Balaban J connectivity index is 2.95. The van der Waals surface area contributed by atoms with E-state index in [0.717, 1.165) is 4.47 Å². The van der Waals surface area contributed by atoms with E-state index in [1.165, 1.54) is 0 Å². The molecule has 0 aromatic heterocycles. The lowest BCUT2D eigenvalue weighted by Gasteiger charge is -2.06. The van der Waals surface area contributed by atoms with Crippen molar-refractivity contribution < 1.29 is 4.74 Å². The van der Waals surface area contributed by atoms with Gasteiger partial charge in [-0.05, 0) is 25.1 Å². The fraction of sp³-hybridized carbons (Fsp3) is 0.222. The minimum atomic E-state index is 0.111. The van der Waals surface area contributed by atoms with Crippen molar-refractivity contribution in [2.24, 2.45) is 0 Å². The smallest absolute Gasteiger partial charge is 0.214 e. The number of hydrogen-bond donors (Lipinski definition) is 1. The van der Waals surface area contributed by atoms with Crippen molar-refractivity contribution in [2.45, 2.75) is 6.92 Å². The highest BCUT2D eigenvalue weighted by Gasteiger charge is 2.06. The van der Waals surface area contributed by atoms with Crippen molar-refractivity contribution in [3.63, 3.8) is 0 Å². The lowest BCUT2D eigenvalue weighted by Crippen LogP contribution is -2.05. The largest absolute Gasteiger partial charge is 0.478 e. The van der Waals surface area contributed by atoms with Gasteiger partial charge in [0.2, 0.25) is 5.90 Å². The van der Waals surface area contributed by atoms with Gasteiger partial charge in [-0.1, -0.05) is 27.5 Å². The molecule has 0 aliphatic heterocycles. The molecule has 70 valence electrons. The summed E-state index contributed by atoms with van der Waals surface area (Å²) in [5, 5.41) is 8.04. The van der Waals surface area contributed by atoms with Gasteiger partial charge in [0.25, 0.3) is 0 Å². The molecule has 13 heavy (non-hydrogen) atoms. The number of benzene rings is 1. The summed E-state index contributed by atoms with van der Waals surface area (Å²) in [6, 6.07) is 5.32. The second kappa shape index (κ2) is 4.63. The quantitative estimate of drug-likeness (QED) is 0.642. The first kappa shape index (κ1) is 10.5. The molecule has 0 saturated carbocycles. The molecule has 0 saturated heterocycles. The summed E-state index contributed by atoms with van der Waals surface area (Å²) >= 11 is 9.20. The minimum absolute atomic E-state index is 0.111. The number of hydrogen-bond acceptors (Lipinski definition) is 2. The molecule has 4 heteroatoms. The van der Waals surface area contributed by atoms with E-state index in [1.54, 1.807) is 12.1 Å². The van der Waals surface area contributed by atoms with Gasteiger partial charge in [0.1, 0.15) is 0 Å². The molecule has 1 aromatic rings. The van der Waals surface area contributed by atoms with Gasteiger partial charge in [0.05, 0.1) is 17.2 Å². The minimum Gasteiger partial charge on any atom is -0.478 e.